The van der Waals surface area contributed by atoms with Crippen molar-refractivity contribution < 1.29 is 18.3 Å². The summed E-state index contributed by atoms with van der Waals surface area (Å²) in [7, 11) is 1.24. The number of carbonyl (C=O) groups excluding carboxylic acids is 1. The molecule has 16 heavy (non-hydrogen) atoms. The third-order valence-corrected chi connectivity index (χ3v) is 3.42. The fourth-order valence-corrected chi connectivity index (χ4v) is 2.39. The molecule has 0 aliphatic rings. The summed E-state index contributed by atoms with van der Waals surface area (Å²) in [6.45, 7) is 0. The van der Waals surface area contributed by atoms with Crippen molar-refractivity contribution in [2.24, 2.45) is 0 Å². The molecule has 0 aromatic carbocycles. The number of aromatic nitrogens is 1. The molecule has 0 saturated heterocycles. The number of rotatable bonds is 3. The molecular weight excluding hydrogens is 352 g/mol. The molecule has 0 unspecified atom stereocenters. The van der Waals surface area contributed by atoms with E-state index in [2.05, 4.69) is 41.6 Å². The Hall–Kier alpha value is -0.560. The summed E-state index contributed by atoms with van der Waals surface area (Å²) in [5, 5.41) is 0. The molecule has 0 aliphatic carbocycles. The molecule has 1 rings (SSSR count). The van der Waals surface area contributed by atoms with Gasteiger partial charge >= 0.3 is 5.97 Å². The standard InChI is InChI=1S/C9H7Br2F2NO2/c1-16-6(15)2-4-5(10)3-14-8(7(4)11)9(12)13/h3,9H,2H2,1H3. The average Bonchev–Trinajstić information content (AvgIpc) is 2.23. The van der Waals surface area contributed by atoms with Crippen molar-refractivity contribution in [1.29, 1.82) is 0 Å². The van der Waals surface area contributed by atoms with E-state index < -0.39 is 12.4 Å². The molecular formula is C9H7Br2F2NO2. The van der Waals surface area contributed by atoms with Gasteiger partial charge in [-0.15, -0.1) is 0 Å². The Bertz CT molecular complexity index is 413. The molecule has 3 nitrogen and oxygen atoms in total. The van der Waals surface area contributed by atoms with Gasteiger partial charge < -0.3 is 4.74 Å². The molecule has 0 saturated carbocycles. The summed E-state index contributed by atoms with van der Waals surface area (Å²) in [6.07, 6.45) is -1.55. The highest BCUT2D eigenvalue weighted by Gasteiger charge is 2.20. The minimum atomic E-state index is -2.70. The largest absolute Gasteiger partial charge is 0.469 e. The van der Waals surface area contributed by atoms with Crippen molar-refractivity contribution in [3.8, 4) is 0 Å². The number of halogens is 4. The van der Waals surface area contributed by atoms with Crippen molar-refractivity contribution in [3.05, 3.63) is 26.4 Å². The zero-order chi connectivity index (χ0) is 12.3. The lowest BCUT2D eigenvalue weighted by molar-refractivity contribution is -0.139. The van der Waals surface area contributed by atoms with Gasteiger partial charge in [0.05, 0.1) is 13.5 Å². The highest BCUT2D eigenvalue weighted by Crippen LogP contribution is 2.32. The number of esters is 1. The van der Waals surface area contributed by atoms with Crippen LogP contribution in [0, 0.1) is 0 Å². The van der Waals surface area contributed by atoms with E-state index in [1.165, 1.54) is 13.3 Å². The molecule has 0 bridgehead atoms. The van der Waals surface area contributed by atoms with Gasteiger partial charge in [-0.05, 0) is 37.4 Å². The molecule has 7 heteroatoms. The molecule has 0 atom stereocenters. The lowest BCUT2D eigenvalue weighted by Crippen LogP contribution is -2.07. The zero-order valence-electron chi connectivity index (χ0n) is 8.14. The Morgan fingerprint density at radius 2 is 2.19 bits per heavy atom. The van der Waals surface area contributed by atoms with Crippen LogP contribution in [0.1, 0.15) is 17.7 Å². The highest BCUT2D eigenvalue weighted by atomic mass is 79.9. The molecule has 1 aromatic rings. The summed E-state index contributed by atoms with van der Waals surface area (Å²) in [5.74, 6) is -0.507. The molecule has 88 valence electrons. The van der Waals surface area contributed by atoms with Crippen LogP contribution in [-0.2, 0) is 16.0 Å². The van der Waals surface area contributed by atoms with E-state index in [1.807, 2.05) is 0 Å². The Balaban J connectivity index is 3.16. The maximum absolute atomic E-state index is 12.5. The van der Waals surface area contributed by atoms with E-state index in [9.17, 15) is 13.6 Å². The number of alkyl halides is 2. The Labute approximate surface area is 107 Å². The quantitative estimate of drug-likeness (QED) is 0.778. The summed E-state index contributed by atoms with van der Waals surface area (Å²) < 4.78 is 30.2. The molecule has 0 spiro atoms. The first-order valence-corrected chi connectivity index (χ1v) is 5.73. The topological polar surface area (TPSA) is 39.2 Å². The van der Waals surface area contributed by atoms with Gasteiger partial charge in [0, 0.05) is 15.1 Å². The lowest BCUT2D eigenvalue weighted by atomic mass is 10.1. The molecule has 0 aliphatic heterocycles. The Morgan fingerprint density at radius 3 is 2.69 bits per heavy atom. The normalized spacial score (nSPS) is 10.6. The van der Waals surface area contributed by atoms with E-state index in [0.29, 0.717) is 10.0 Å². The highest BCUT2D eigenvalue weighted by molar-refractivity contribution is 9.11. The minimum absolute atomic E-state index is 0.0973. The molecule has 1 heterocycles. The number of hydrogen-bond donors (Lipinski definition) is 0. The van der Waals surface area contributed by atoms with E-state index in [4.69, 9.17) is 0 Å². The number of methoxy groups -OCH3 is 1. The number of pyridine rings is 1. The average molecular weight is 359 g/mol. The zero-order valence-corrected chi connectivity index (χ0v) is 11.3. The van der Waals surface area contributed by atoms with Crippen molar-refractivity contribution in [2.45, 2.75) is 12.8 Å². The SMILES string of the molecule is COC(=O)Cc1c(Br)cnc(C(F)F)c1Br. The molecule has 1 aromatic heterocycles. The fourth-order valence-electron chi connectivity index (χ4n) is 1.05. The number of ether oxygens (including phenoxy) is 1. The predicted octanol–water partition coefficient (Wildman–Crippen LogP) is 3.26. The van der Waals surface area contributed by atoms with Gasteiger partial charge in [0.2, 0.25) is 0 Å². The first-order valence-electron chi connectivity index (χ1n) is 4.15. The predicted molar refractivity (Wildman–Crippen MR) is 60.3 cm³/mol. The van der Waals surface area contributed by atoms with Gasteiger partial charge in [0.1, 0.15) is 5.69 Å². The molecule has 0 radical (unpaired) electrons. The van der Waals surface area contributed by atoms with Gasteiger partial charge in [-0.1, -0.05) is 0 Å². The maximum atomic E-state index is 12.5. The number of hydrogen-bond acceptors (Lipinski definition) is 3. The van der Waals surface area contributed by atoms with Gasteiger partial charge in [-0.2, -0.15) is 0 Å². The van der Waals surface area contributed by atoms with Gasteiger partial charge in [-0.3, -0.25) is 9.78 Å². The van der Waals surface area contributed by atoms with Crippen LogP contribution in [-0.4, -0.2) is 18.1 Å². The van der Waals surface area contributed by atoms with Crippen LogP contribution in [0.2, 0.25) is 0 Å². The maximum Gasteiger partial charge on any atom is 0.310 e. The minimum Gasteiger partial charge on any atom is -0.469 e. The van der Waals surface area contributed by atoms with Gasteiger partial charge in [0.25, 0.3) is 6.43 Å². The van der Waals surface area contributed by atoms with Gasteiger partial charge in [0.15, 0.2) is 0 Å². The van der Waals surface area contributed by atoms with Crippen LogP contribution in [0.3, 0.4) is 0 Å². The lowest BCUT2D eigenvalue weighted by Gasteiger charge is -2.09. The van der Waals surface area contributed by atoms with Crippen LogP contribution >= 0.6 is 31.9 Å². The van der Waals surface area contributed by atoms with E-state index >= 15 is 0 Å². The van der Waals surface area contributed by atoms with E-state index in [1.54, 1.807) is 0 Å². The van der Waals surface area contributed by atoms with Gasteiger partial charge in [-0.25, -0.2) is 8.78 Å². The summed E-state index contributed by atoms with van der Waals surface area (Å²) in [5.41, 5.74) is 0.0132. The van der Waals surface area contributed by atoms with E-state index in [0.717, 1.165) is 0 Å². The van der Waals surface area contributed by atoms with Crippen LogP contribution in [0.25, 0.3) is 0 Å². The van der Waals surface area contributed by atoms with Crippen LogP contribution in [0.4, 0.5) is 8.78 Å². The third-order valence-electron chi connectivity index (χ3n) is 1.85. The second-order valence-corrected chi connectivity index (χ2v) is 4.48. The summed E-state index contributed by atoms with van der Waals surface area (Å²) in [4.78, 5) is 14.7. The fraction of sp³-hybridized carbons (Fsp3) is 0.333. The summed E-state index contributed by atoms with van der Waals surface area (Å²) in [6, 6.07) is 0. The number of nitrogens with zero attached hydrogens (tertiary/aromatic N) is 1. The van der Waals surface area contributed by atoms with Crippen LogP contribution < -0.4 is 0 Å². The molecule has 0 amide bonds. The van der Waals surface area contributed by atoms with Crippen molar-refractivity contribution in [3.63, 3.8) is 0 Å². The van der Waals surface area contributed by atoms with Crippen molar-refractivity contribution in [2.75, 3.05) is 7.11 Å². The first-order chi connectivity index (χ1) is 7.47. The Morgan fingerprint density at radius 1 is 1.56 bits per heavy atom. The number of carbonyl (C=O) groups is 1. The third kappa shape index (κ3) is 2.98. The van der Waals surface area contributed by atoms with Crippen molar-refractivity contribution in [1.82, 2.24) is 4.98 Å². The summed E-state index contributed by atoms with van der Waals surface area (Å²) >= 11 is 6.15. The second kappa shape index (κ2) is 5.67. The molecule has 0 fully saturated rings. The van der Waals surface area contributed by atoms with E-state index in [-0.39, 0.29) is 16.6 Å². The Kier molecular flexibility index (Phi) is 4.79. The van der Waals surface area contributed by atoms with Crippen molar-refractivity contribution >= 4 is 37.8 Å². The first kappa shape index (κ1) is 13.5. The monoisotopic (exact) mass is 357 g/mol. The van der Waals surface area contributed by atoms with Crippen LogP contribution in [0.15, 0.2) is 15.1 Å². The smallest absolute Gasteiger partial charge is 0.310 e. The molecule has 0 N–H and O–H groups in total. The second-order valence-electron chi connectivity index (χ2n) is 2.84. The van der Waals surface area contributed by atoms with Crippen LogP contribution in [0.5, 0.6) is 0 Å².